The van der Waals surface area contributed by atoms with Crippen molar-refractivity contribution in [1.29, 1.82) is 0 Å². The third kappa shape index (κ3) is 5.30. The molecule has 118 valence electrons. The zero-order valence-electron chi connectivity index (χ0n) is 12.6. The number of urea groups is 1. The van der Waals surface area contributed by atoms with Crippen molar-refractivity contribution in [1.82, 2.24) is 15.5 Å². The Kier molecular flexibility index (Phi) is 6.02. The van der Waals surface area contributed by atoms with Gasteiger partial charge in [-0.2, -0.15) is 0 Å². The van der Waals surface area contributed by atoms with Gasteiger partial charge >= 0.3 is 6.03 Å². The van der Waals surface area contributed by atoms with E-state index >= 15 is 0 Å². The number of carbonyl (C=O) groups is 1. The van der Waals surface area contributed by atoms with Crippen LogP contribution < -0.4 is 10.6 Å². The number of thiophene rings is 1. The quantitative estimate of drug-likeness (QED) is 0.750. The maximum absolute atomic E-state index is 11.8. The molecule has 2 rings (SSSR count). The molecule has 0 aliphatic carbocycles. The molecule has 0 bridgehead atoms. The fourth-order valence-corrected chi connectivity index (χ4v) is 3.28. The molecular formula is C15H25N3O2S. The smallest absolute Gasteiger partial charge is 0.314 e. The topological polar surface area (TPSA) is 64.6 Å². The van der Waals surface area contributed by atoms with Gasteiger partial charge < -0.3 is 20.6 Å². The van der Waals surface area contributed by atoms with Gasteiger partial charge in [0, 0.05) is 18.0 Å². The standard InChI is InChI=1S/C15H25N3O2S/c1-15(20,13-6-5-11-21-13)12-17-14(19)16-7-10-18-8-3-2-4-9-18/h5-6,11,20H,2-4,7-10,12H2,1H3,(H2,16,17,19). The lowest BCUT2D eigenvalue weighted by molar-refractivity contribution is 0.0631. The van der Waals surface area contributed by atoms with Crippen LogP contribution in [0.25, 0.3) is 0 Å². The van der Waals surface area contributed by atoms with Crippen LogP contribution in [0.2, 0.25) is 0 Å². The minimum atomic E-state index is -1.02. The van der Waals surface area contributed by atoms with Gasteiger partial charge in [-0.25, -0.2) is 4.79 Å². The molecule has 2 amide bonds. The van der Waals surface area contributed by atoms with Gasteiger partial charge in [-0.3, -0.25) is 0 Å². The molecule has 0 aromatic carbocycles. The highest BCUT2D eigenvalue weighted by Gasteiger charge is 2.24. The van der Waals surface area contributed by atoms with Crippen LogP contribution in [-0.2, 0) is 5.60 Å². The van der Waals surface area contributed by atoms with Crippen LogP contribution in [0.15, 0.2) is 17.5 Å². The lowest BCUT2D eigenvalue weighted by Crippen LogP contribution is -2.45. The summed E-state index contributed by atoms with van der Waals surface area (Å²) in [5.74, 6) is 0. The first-order valence-corrected chi connectivity index (χ1v) is 8.46. The first-order valence-electron chi connectivity index (χ1n) is 7.58. The second kappa shape index (κ2) is 7.77. The third-order valence-corrected chi connectivity index (χ3v) is 4.93. The Balaban J connectivity index is 1.63. The highest BCUT2D eigenvalue weighted by molar-refractivity contribution is 7.10. The second-order valence-electron chi connectivity index (χ2n) is 5.76. The van der Waals surface area contributed by atoms with Crippen molar-refractivity contribution >= 4 is 17.4 Å². The highest BCUT2D eigenvalue weighted by Crippen LogP contribution is 2.24. The fourth-order valence-electron chi connectivity index (χ4n) is 2.50. The number of rotatable bonds is 6. The molecule has 21 heavy (non-hydrogen) atoms. The summed E-state index contributed by atoms with van der Waals surface area (Å²) >= 11 is 1.49. The van der Waals surface area contributed by atoms with Gasteiger partial charge in [0.05, 0.1) is 6.54 Å². The molecule has 1 saturated heterocycles. The highest BCUT2D eigenvalue weighted by atomic mass is 32.1. The number of likely N-dealkylation sites (tertiary alicyclic amines) is 1. The van der Waals surface area contributed by atoms with Gasteiger partial charge in [-0.1, -0.05) is 12.5 Å². The van der Waals surface area contributed by atoms with E-state index in [1.807, 2.05) is 17.5 Å². The second-order valence-corrected chi connectivity index (χ2v) is 6.71. The van der Waals surface area contributed by atoms with Crippen molar-refractivity contribution in [2.24, 2.45) is 0 Å². The predicted octanol–water partition coefficient (Wildman–Crippen LogP) is 1.74. The van der Waals surface area contributed by atoms with Gasteiger partial charge in [0.2, 0.25) is 0 Å². The summed E-state index contributed by atoms with van der Waals surface area (Å²) in [4.78, 5) is 15.0. The van der Waals surface area contributed by atoms with Crippen molar-refractivity contribution < 1.29 is 9.90 Å². The molecule has 0 radical (unpaired) electrons. The number of nitrogens with zero attached hydrogens (tertiary/aromatic N) is 1. The summed E-state index contributed by atoms with van der Waals surface area (Å²) in [6.07, 6.45) is 3.84. The normalized spacial score (nSPS) is 19.0. The Morgan fingerprint density at radius 2 is 2.14 bits per heavy atom. The Labute approximate surface area is 130 Å². The van der Waals surface area contributed by atoms with Crippen molar-refractivity contribution in [3.63, 3.8) is 0 Å². The van der Waals surface area contributed by atoms with Gasteiger partial charge in [-0.15, -0.1) is 11.3 Å². The summed E-state index contributed by atoms with van der Waals surface area (Å²) in [5, 5.41) is 17.8. The molecule has 1 aromatic rings. The van der Waals surface area contributed by atoms with E-state index in [0.29, 0.717) is 6.54 Å². The largest absolute Gasteiger partial charge is 0.383 e. The molecule has 1 atom stereocenters. The van der Waals surface area contributed by atoms with Crippen LogP contribution in [0.3, 0.4) is 0 Å². The Hall–Kier alpha value is -1.11. The molecular weight excluding hydrogens is 286 g/mol. The van der Waals surface area contributed by atoms with Crippen molar-refractivity contribution in [2.75, 3.05) is 32.7 Å². The number of aliphatic hydroxyl groups is 1. The average molecular weight is 311 g/mol. The Morgan fingerprint density at radius 3 is 2.81 bits per heavy atom. The number of hydrogen-bond acceptors (Lipinski definition) is 4. The molecule has 0 saturated carbocycles. The van der Waals surface area contributed by atoms with E-state index in [4.69, 9.17) is 0 Å². The predicted molar refractivity (Wildman–Crippen MR) is 85.6 cm³/mol. The minimum absolute atomic E-state index is 0.211. The number of hydrogen-bond donors (Lipinski definition) is 3. The third-order valence-electron chi connectivity index (χ3n) is 3.81. The fraction of sp³-hybridized carbons (Fsp3) is 0.667. The first-order chi connectivity index (χ1) is 10.1. The van der Waals surface area contributed by atoms with Gasteiger partial charge in [0.25, 0.3) is 0 Å². The summed E-state index contributed by atoms with van der Waals surface area (Å²) in [6, 6.07) is 3.55. The van der Waals surface area contributed by atoms with Crippen LogP contribution >= 0.6 is 11.3 Å². The maximum Gasteiger partial charge on any atom is 0.314 e. The SMILES string of the molecule is CC(O)(CNC(=O)NCCN1CCCCC1)c1cccs1. The van der Waals surface area contributed by atoms with E-state index in [9.17, 15) is 9.90 Å². The monoisotopic (exact) mass is 311 g/mol. The molecule has 6 heteroatoms. The molecule has 1 aliphatic rings. The van der Waals surface area contributed by atoms with E-state index in [2.05, 4.69) is 15.5 Å². The van der Waals surface area contributed by atoms with E-state index in [1.54, 1.807) is 6.92 Å². The van der Waals surface area contributed by atoms with Crippen LogP contribution in [0, 0.1) is 0 Å². The number of carbonyl (C=O) groups excluding carboxylic acids is 1. The van der Waals surface area contributed by atoms with E-state index in [1.165, 1.54) is 30.6 Å². The van der Waals surface area contributed by atoms with E-state index in [0.717, 1.165) is 24.5 Å². The zero-order chi connectivity index (χ0) is 15.1. The summed E-state index contributed by atoms with van der Waals surface area (Å²) in [7, 11) is 0. The van der Waals surface area contributed by atoms with Gasteiger partial charge in [-0.05, 0) is 44.3 Å². The molecule has 3 N–H and O–H groups in total. The average Bonchev–Trinajstić information content (AvgIpc) is 3.01. The molecule has 0 spiro atoms. The lowest BCUT2D eigenvalue weighted by atomic mass is 10.1. The van der Waals surface area contributed by atoms with Crippen LogP contribution in [0.1, 0.15) is 31.1 Å². The molecule has 1 unspecified atom stereocenters. The maximum atomic E-state index is 11.8. The van der Waals surface area contributed by atoms with Gasteiger partial charge in [0.15, 0.2) is 0 Å². The number of amides is 2. The van der Waals surface area contributed by atoms with Crippen molar-refractivity contribution in [3.8, 4) is 0 Å². The summed E-state index contributed by atoms with van der Waals surface area (Å²) in [6.45, 7) is 5.74. The van der Waals surface area contributed by atoms with Crippen LogP contribution in [0.4, 0.5) is 4.79 Å². The van der Waals surface area contributed by atoms with E-state index < -0.39 is 5.60 Å². The number of nitrogens with one attached hydrogen (secondary N) is 2. The molecule has 1 aromatic heterocycles. The van der Waals surface area contributed by atoms with Crippen molar-refractivity contribution in [2.45, 2.75) is 31.8 Å². The summed E-state index contributed by atoms with van der Waals surface area (Å²) < 4.78 is 0. The number of piperidine rings is 1. The Morgan fingerprint density at radius 1 is 1.38 bits per heavy atom. The molecule has 5 nitrogen and oxygen atoms in total. The van der Waals surface area contributed by atoms with Gasteiger partial charge in [0.1, 0.15) is 5.60 Å². The van der Waals surface area contributed by atoms with Crippen LogP contribution in [0.5, 0.6) is 0 Å². The zero-order valence-corrected chi connectivity index (χ0v) is 13.4. The minimum Gasteiger partial charge on any atom is -0.383 e. The lowest BCUT2D eigenvalue weighted by Gasteiger charge is -2.26. The van der Waals surface area contributed by atoms with Crippen molar-refractivity contribution in [3.05, 3.63) is 22.4 Å². The summed E-state index contributed by atoms with van der Waals surface area (Å²) in [5.41, 5.74) is -1.02. The Bertz CT molecular complexity index is 428. The molecule has 1 aliphatic heterocycles. The molecule has 2 heterocycles. The first kappa shape index (κ1) is 16.3. The molecule has 1 fully saturated rings. The van der Waals surface area contributed by atoms with Crippen LogP contribution in [-0.4, -0.2) is 48.8 Å². The van der Waals surface area contributed by atoms with E-state index in [-0.39, 0.29) is 12.6 Å².